The maximum atomic E-state index is 11.8. The molecule has 0 aliphatic carbocycles. The maximum Gasteiger partial charge on any atom is 0.302 e. The molecule has 3 rings (SSSR count). The zero-order chi connectivity index (χ0) is 23.7. The molecular weight excluding hydrogens is 436 g/mol. The first-order valence-electron chi connectivity index (χ1n) is 10.3. The van der Waals surface area contributed by atoms with Crippen molar-refractivity contribution < 1.29 is 34.0 Å². The molecule has 1 aliphatic heterocycles. The molecule has 2 aromatic rings. The Labute approximate surface area is 192 Å². The number of rotatable bonds is 6. The summed E-state index contributed by atoms with van der Waals surface area (Å²) >= 11 is 6.36. The lowest BCUT2D eigenvalue weighted by atomic mass is 9.93. The number of ketones is 1. The molecule has 1 heterocycles. The highest BCUT2D eigenvalue weighted by atomic mass is 35.5. The van der Waals surface area contributed by atoms with Crippen molar-refractivity contribution >= 4 is 23.4 Å². The Bertz CT molecular complexity index is 898. The summed E-state index contributed by atoms with van der Waals surface area (Å²) in [5.41, 5.74) is 2.84. The minimum atomic E-state index is -1.13. The largest absolute Gasteiger partial charge is 0.494 e. The lowest BCUT2D eigenvalue weighted by Crippen LogP contribution is -2.43. The van der Waals surface area contributed by atoms with Crippen LogP contribution in [0.1, 0.15) is 43.1 Å². The smallest absolute Gasteiger partial charge is 0.302 e. The van der Waals surface area contributed by atoms with E-state index >= 15 is 0 Å². The Balaban J connectivity index is 0.000000654. The van der Waals surface area contributed by atoms with Crippen LogP contribution >= 0.6 is 11.6 Å². The molecule has 2 N–H and O–H groups in total. The fourth-order valence-corrected chi connectivity index (χ4v) is 3.41. The summed E-state index contributed by atoms with van der Waals surface area (Å²) in [5, 5.41) is 19.9. The van der Waals surface area contributed by atoms with Crippen molar-refractivity contribution in [1.82, 2.24) is 0 Å². The number of carbonyl (C=O) groups is 2. The predicted molar refractivity (Wildman–Crippen MR) is 120 cm³/mol. The van der Waals surface area contributed by atoms with E-state index in [1.54, 1.807) is 6.07 Å². The van der Waals surface area contributed by atoms with E-state index in [9.17, 15) is 19.8 Å². The number of benzene rings is 2. The van der Waals surface area contributed by atoms with Crippen LogP contribution in [-0.2, 0) is 25.5 Å². The fourth-order valence-electron chi connectivity index (χ4n) is 3.22. The van der Waals surface area contributed by atoms with E-state index in [4.69, 9.17) is 21.1 Å². The standard InChI is InChI=1S/C21H23ClO5.C3H6O2/c1-2-26-16-6-3-13(4-7-16)9-15-10-14(5-8-17(15)22)19-11-18(24)21(25)20(12-23)27-19;1-3(4)5-2/h3-8,10,18-20,23-24H,2,9,11-12H2,1H3;1-2H3. The maximum absolute atomic E-state index is 11.8. The summed E-state index contributed by atoms with van der Waals surface area (Å²) < 4.78 is 15.2. The molecule has 0 radical (unpaired) electrons. The first kappa shape index (κ1) is 25.8. The molecule has 32 heavy (non-hydrogen) atoms. The van der Waals surface area contributed by atoms with Crippen molar-refractivity contribution in [1.29, 1.82) is 0 Å². The second-order valence-corrected chi connectivity index (χ2v) is 7.66. The Hall–Kier alpha value is -2.45. The molecule has 2 aromatic carbocycles. The van der Waals surface area contributed by atoms with Crippen LogP contribution in [0.4, 0.5) is 0 Å². The number of methoxy groups -OCH3 is 1. The Morgan fingerprint density at radius 3 is 2.44 bits per heavy atom. The molecule has 0 bridgehead atoms. The molecule has 3 atom stereocenters. The van der Waals surface area contributed by atoms with Crippen molar-refractivity contribution in [3.8, 4) is 5.75 Å². The normalized spacial score (nSPS) is 20.2. The predicted octanol–water partition coefficient (Wildman–Crippen LogP) is 3.26. The lowest BCUT2D eigenvalue weighted by molar-refractivity contribution is -0.161. The number of hydrogen-bond acceptors (Lipinski definition) is 7. The van der Waals surface area contributed by atoms with Gasteiger partial charge in [0.2, 0.25) is 0 Å². The second-order valence-electron chi connectivity index (χ2n) is 7.25. The van der Waals surface area contributed by atoms with Crippen molar-refractivity contribution in [2.45, 2.75) is 45.0 Å². The second kappa shape index (κ2) is 12.6. The van der Waals surface area contributed by atoms with Crippen molar-refractivity contribution in [3.63, 3.8) is 0 Å². The molecule has 8 heteroatoms. The van der Waals surface area contributed by atoms with Crippen molar-refractivity contribution in [2.75, 3.05) is 20.3 Å². The topological polar surface area (TPSA) is 102 Å². The third-order valence-corrected chi connectivity index (χ3v) is 5.30. The number of carbonyl (C=O) groups excluding carboxylic acids is 2. The van der Waals surface area contributed by atoms with Crippen LogP contribution in [0.15, 0.2) is 42.5 Å². The quantitative estimate of drug-likeness (QED) is 0.632. The van der Waals surface area contributed by atoms with E-state index in [-0.39, 0.29) is 12.4 Å². The summed E-state index contributed by atoms with van der Waals surface area (Å²) in [6, 6.07) is 13.4. The van der Waals surface area contributed by atoms with Gasteiger partial charge in [0.15, 0.2) is 5.78 Å². The van der Waals surface area contributed by atoms with Crippen LogP contribution in [0.25, 0.3) is 0 Å². The third kappa shape index (κ3) is 7.31. The Kier molecular flexibility index (Phi) is 10.1. The summed E-state index contributed by atoms with van der Waals surface area (Å²) in [7, 11) is 1.35. The average Bonchev–Trinajstić information content (AvgIpc) is 2.79. The number of ether oxygens (including phenoxy) is 3. The van der Waals surface area contributed by atoms with Gasteiger partial charge >= 0.3 is 5.97 Å². The van der Waals surface area contributed by atoms with E-state index in [0.29, 0.717) is 18.1 Å². The lowest BCUT2D eigenvalue weighted by Gasteiger charge is -2.31. The molecule has 3 unspecified atom stereocenters. The van der Waals surface area contributed by atoms with Gasteiger partial charge in [-0.25, -0.2) is 0 Å². The number of hydrogen-bond donors (Lipinski definition) is 2. The van der Waals surface area contributed by atoms with Gasteiger partial charge in [0.25, 0.3) is 0 Å². The van der Waals surface area contributed by atoms with E-state index < -0.39 is 30.7 Å². The number of aliphatic hydroxyl groups excluding tert-OH is 2. The van der Waals surface area contributed by atoms with Gasteiger partial charge < -0.3 is 24.4 Å². The van der Waals surface area contributed by atoms with E-state index in [0.717, 1.165) is 22.4 Å². The van der Waals surface area contributed by atoms with Crippen LogP contribution in [0.2, 0.25) is 5.02 Å². The molecule has 7 nitrogen and oxygen atoms in total. The summed E-state index contributed by atoms with van der Waals surface area (Å²) in [6.07, 6.45) is -1.79. The van der Waals surface area contributed by atoms with Crippen LogP contribution in [0.3, 0.4) is 0 Å². The summed E-state index contributed by atoms with van der Waals surface area (Å²) in [5.74, 6) is 0.104. The average molecular weight is 465 g/mol. The Morgan fingerprint density at radius 2 is 1.88 bits per heavy atom. The molecule has 0 aromatic heterocycles. The first-order chi connectivity index (χ1) is 15.3. The molecule has 0 amide bonds. The van der Waals surface area contributed by atoms with Gasteiger partial charge in [-0.05, 0) is 48.2 Å². The number of aliphatic hydroxyl groups is 2. The highest BCUT2D eigenvalue weighted by Crippen LogP contribution is 2.32. The molecule has 1 saturated heterocycles. The molecule has 1 aliphatic rings. The summed E-state index contributed by atoms with van der Waals surface area (Å²) in [4.78, 5) is 21.4. The van der Waals surface area contributed by atoms with E-state index in [1.165, 1.54) is 14.0 Å². The van der Waals surface area contributed by atoms with Crippen LogP contribution < -0.4 is 4.74 Å². The van der Waals surface area contributed by atoms with Crippen LogP contribution in [0.5, 0.6) is 5.75 Å². The zero-order valence-corrected chi connectivity index (χ0v) is 19.2. The van der Waals surface area contributed by atoms with E-state index in [1.807, 2.05) is 43.3 Å². The number of esters is 1. The highest BCUT2D eigenvalue weighted by Gasteiger charge is 2.36. The minimum Gasteiger partial charge on any atom is -0.494 e. The molecule has 0 spiro atoms. The monoisotopic (exact) mass is 464 g/mol. The van der Waals surface area contributed by atoms with E-state index in [2.05, 4.69) is 4.74 Å². The van der Waals surface area contributed by atoms with Crippen LogP contribution in [-0.4, -0.2) is 54.5 Å². The zero-order valence-electron chi connectivity index (χ0n) is 18.4. The van der Waals surface area contributed by atoms with Gasteiger partial charge in [0, 0.05) is 18.4 Å². The highest BCUT2D eigenvalue weighted by molar-refractivity contribution is 6.31. The fraction of sp³-hybridized carbons (Fsp3) is 0.417. The molecule has 0 saturated carbocycles. The first-order valence-corrected chi connectivity index (χ1v) is 10.7. The van der Waals surface area contributed by atoms with Gasteiger partial charge in [-0.3, -0.25) is 9.59 Å². The van der Waals surface area contributed by atoms with Gasteiger partial charge in [0.05, 0.1) is 26.4 Å². The Morgan fingerprint density at radius 1 is 1.22 bits per heavy atom. The molecular formula is C24H29ClO7. The van der Waals surface area contributed by atoms with Gasteiger partial charge in [-0.2, -0.15) is 0 Å². The molecule has 1 fully saturated rings. The van der Waals surface area contributed by atoms with Gasteiger partial charge in [-0.15, -0.1) is 0 Å². The SMILES string of the molecule is CCOc1ccc(Cc2cc(C3CC(O)C(=O)C(CO)O3)ccc2Cl)cc1.COC(C)=O. The number of Topliss-reactive ketones (excluding diaryl/α,β-unsaturated/α-hetero) is 1. The van der Waals surface area contributed by atoms with Gasteiger partial charge in [0.1, 0.15) is 18.0 Å². The van der Waals surface area contributed by atoms with Gasteiger partial charge in [-0.1, -0.05) is 35.9 Å². The third-order valence-electron chi connectivity index (χ3n) is 4.94. The molecule has 174 valence electrons. The van der Waals surface area contributed by atoms with Crippen molar-refractivity contribution in [2.24, 2.45) is 0 Å². The van der Waals surface area contributed by atoms with Crippen molar-refractivity contribution in [3.05, 3.63) is 64.2 Å². The minimum absolute atomic E-state index is 0.166. The number of halogens is 1. The summed E-state index contributed by atoms with van der Waals surface area (Å²) in [6.45, 7) is 3.48. The van der Waals surface area contributed by atoms with Crippen LogP contribution in [0, 0.1) is 0 Å².